The first kappa shape index (κ1) is 18.9. The Morgan fingerprint density at radius 3 is 2.52 bits per heavy atom. The van der Waals surface area contributed by atoms with Crippen molar-refractivity contribution >= 4 is 15.7 Å². The first-order chi connectivity index (χ1) is 12.8. The average molecular weight is 394 g/mol. The van der Waals surface area contributed by atoms with Crippen LogP contribution in [-0.4, -0.2) is 33.7 Å². The van der Waals surface area contributed by atoms with Crippen LogP contribution in [-0.2, 0) is 10.0 Å². The third kappa shape index (κ3) is 3.96. The minimum Gasteiger partial charge on any atom is -0.490 e. The Labute approximate surface area is 156 Å². The topological polar surface area (TPSA) is 117 Å². The summed E-state index contributed by atoms with van der Waals surface area (Å²) >= 11 is 0. The molecule has 2 aromatic carbocycles. The first-order valence-electron chi connectivity index (χ1n) is 8.06. The van der Waals surface area contributed by atoms with Crippen molar-refractivity contribution in [2.75, 3.05) is 20.3 Å². The molecule has 1 atom stereocenters. The Bertz CT molecular complexity index is 975. The van der Waals surface area contributed by atoms with Crippen LogP contribution in [0.5, 0.6) is 17.2 Å². The number of hydrogen-bond acceptors (Lipinski definition) is 7. The number of fused-ring (bicyclic) bond motifs is 1. The lowest BCUT2D eigenvalue weighted by Gasteiger charge is -2.21. The third-order valence-electron chi connectivity index (χ3n) is 4.06. The molecule has 3 rings (SSSR count). The predicted molar refractivity (Wildman–Crippen MR) is 95.8 cm³/mol. The van der Waals surface area contributed by atoms with Gasteiger partial charge in [0.05, 0.1) is 16.9 Å². The SMILES string of the molecule is COc1ccc(S(=O)(=O)N[C@@H](C)c2ccc3c(c2)OCCO3)cc1[N+](=O)[O-]. The van der Waals surface area contributed by atoms with Gasteiger partial charge < -0.3 is 14.2 Å². The molecule has 0 saturated heterocycles. The van der Waals surface area contributed by atoms with Crippen molar-refractivity contribution in [3.05, 3.63) is 52.1 Å². The zero-order valence-electron chi connectivity index (χ0n) is 14.7. The zero-order chi connectivity index (χ0) is 19.6. The quantitative estimate of drug-likeness (QED) is 0.590. The number of benzene rings is 2. The van der Waals surface area contributed by atoms with Crippen molar-refractivity contribution in [1.29, 1.82) is 0 Å². The average Bonchev–Trinajstić information content (AvgIpc) is 2.66. The molecule has 0 bridgehead atoms. The predicted octanol–water partition coefficient (Wildman–Crippen LogP) is 2.41. The second-order valence-electron chi connectivity index (χ2n) is 5.84. The minimum absolute atomic E-state index is 0.0150. The van der Waals surface area contributed by atoms with Gasteiger partial charge >= 0.3 is 5.69 Å². The smallest absolute Gasteiger partial charge is 0.312 e. The zero-order valence-corrected chi connectivity index (χ0v) is 15.5. The second-order valence-corrected chi connectivity index (χ2v) is 7.55. The highest BCUT2D eigenvalue weighted by Gasteiger charge is 2.24. The molecule has 0 amide bonds. The minimum atomic E-state index is -3.99. The molecule has 1 aliphatic rings. The summed E-state index contributed by atoms with van der Waals surface area (Å²) < 4.78 is 43.7. The first-order valence-corrected chi connectivity index (χ1v) is 9.54. The fraction of sp³-hybridized carbons (Fsp3) is 0.294. The fourth-order valence-electron chi connectivity index (χ4n) is 2.68. The van der Waals surface area contributed by atoms with E-state index in [0.717, 1.165) is 6.07 Å². The largest absolute Gasteiger partial charge is 0.490 e. The molecule has 0 aromatic heterocycles. The van der Waals surface area contributed by atoms with Crippen molar-refractivity contribution in [2.24, 2.45) is 0 Å². The highest BCUT2D eigenvalue weighted by molar-refractivity contribution is 7.89. The maximum absolute atomic E-state index is 12.6. The molecular formula is C17H18N2O7S. The highest BCUT2D eigenvalue weighted by atomic mass is 32.2. The summed E-state index contributed by atoms with van der Waals surface area (Å²) in [7, 11) is -2.72. The van der Waals surface area contributed by atoms with Crippen molar-refractivity contribution in [2.45, 2.75) is 17.9 Å². The number of nitro groups is 1. The van der Waals surface area contributed by atoms with Crippen LogP contribution in [0.2, 0.25) is 0 Å². The fourth-order valence-corrected chi connectivity index (χ4v) is 3.93. The van der Waals surface area contributed by atoms with Gasteiger partial charge in [-0.15, -0.1) is 0 Å². The molecule has 0 radical (unpaired) electrons. The van der Waals surface area contributed by atoms with Crippen molar-refractivity contribution in [3.8, 4) is 17.2 Å². The standard InChI is InChI=1S/C17H18N2O7S/c1-11(12-3-5-16-17(9-12)26-8-7-25-16)18-27(22,23)13-4-6-15(24-2)14(10-13)19(20)21/h3-6,9-11,18H,7-8H2,1-2H3/t11-/m0/s1. The van der Waals surface area contributed by atoms with Crippen LogP contribution < -0.4 is 18.9 Å². The Morgan fingerprint density at radius 2 is 1.85 bits per heavy atom. The molecular weight excluding hydrogens is 376 g/mol. The van der Waals surface area contributed by atoms with Crippen LogP contribution in [0.25, 0.3) is 0 Å². The van der Waals surface area contributed by atoms with Gasteiger partial charge in [0, 0.05) is 12.1 Å². The molecule has 144 valence electrons. The van der Waals surface area contributed by atoms with Crippen LogP contribution in [0.4, 0.5) is 5.69 Å². The van der Waals surface area contributed by atoms with E-state index < -0.39 is 26.7 Å². The molecule has 9 nitrogen and oxygen atoms in total. The lowest BCUT2D eigenvalue weighted by atomic mass is 10.1. The van der Waals surface area contributed by atoms with E-state index in [2.05, 4.69) is 4.72 Å². The van der Waals surface area contributed by atoms with Crippen LogP contribution >= 0.6 is 0 Å². The van der Waals surface area contributed by atoms with Gasteiger partial charge in [-0.25, -0.2) is 13.1 Å². The lowest BCUT2D eigenvalue weighted by molar-refractivity contribution is -0.386. The van der Waals surface area contributed by atoms with E-state index >= 15 is 0 Å². The molecule has 1 heterocycles. The number of methoxy groups -OCH3 is 1. The van der Waals surface area contributed by atoms with Gasteiger partial charge in [-0.1, -0.05) is 6.07 Å². The Balaban J connectivity index is 1.86. The number of nitrogens with one attached hydrogen (secondary N) is 1. The monoisotopic (exact) mass is 394 g/mol. The summed E-state index contributed by atoms with van der Waals surface area (Å²) in [6, 6.07) is 8.04. The van der Waals surface area contributed by atoms with Crippen LogP contribution in [0.3, 0.4) is 0 Å². The second kappa shape index (κ2) is 7.41. The summed E-state index contributed by atoms with van der Waals surface area (Å²) in [4.78, 5) is 10.2. The molecule has 2 aromatic rings. The number of ether oxygens (including phenoxy) is 3. The number of sulfonamides is 1. The van der Waals surface area contributed by atoms with E-state index in [1.54, 1.807) is 25.1 Å². The summed E-state index contributed by atoms with van der Waals surface area (Å²) in [5.74, 6) is 1.13. The molecule has 0 fully saturated rings. The van der Waals surface area contributed by atoms with Crippen molar-refractivity contribution in [3.63, 3.8) is 0 Å². The van der Waals surface area contributed by atoms with Gasteiger partial charge in [-0.3, -0.25) is 10.1 Å². The normalized spacial score (nSPS) is 14.4. The molecule has 0 aliphatic carbocycles. The van der Waals surface area contributed by atoms with Gasteiger partial charge in [0.25, 0.3) is 0 Å². The van der Waals surface area contributed by atoms with E-state index in [-0.39, 0.29) is 10.6 Å². The molecule has 0 unspecified atom stereocenters. The van der Waals surface area contributed by atoms with Gasteiger partial charge in [0.2, 0.25) is 10.0 Å². The van der Waals surface area contributed by atoms with E-state index in [4.69, 9.17) is 14.2 Å². The molecule has 1 N–H and O–H groups in total. The molecule has 27 heavy (non-hydrogen) atoms. The third-order valence-corrected chi connectivity index (χ3v) is 5.59. The highest BCUT2D eigenvalue weighted by Crippen LogP contribution is 2.33. The van der Waals surface area contributed by atoms with Gasteiger partial charge in [0.1, 0.15) is 13.2 Å². The van der Waals surface area contributed by atoms with Crippen molar-refractivity contribution in [1.82, 2.24) is 4.72 Å². The summed E-state index contributed by atoms with van der Waals surface area (Å²) in [5, 5.41) is 11.1. The van der Waals surface area contributed by atoms with E-state index in [1.807, 2.05) is 0 Å². The molecule has 0 saturated carbocycles. The van der Waals surface area contributed by atoms with Crippen LogP contribution in [0.15, 0.2) is 41.3 Å². The Hall–Kier alpha value is -2.85. The number of nitro benzene ring substituents is 1. The number of rotatable bonds is 6. The summed E-state index contributed by atoms with van der Waals surface area (Å²) in [6.07, 6.45) is 0. The Kier molecular flexibility index (Phi) is 5.19. The maximum atomic E-state index is 12.6. The van der Waals surface area contributed by atoms with Gasteiger partial charge in [-0.05, 0) is 36.8 Å². The van der Waals surface area contributed by atoms with Crippen LogP contribution in [0.1, 0.15) is 18.5 Å². The molecule has 1 aliphatic heterocycles. The molecule has 0 spiro atoms. The van der Waals surface area contributed by atoms with Crippen molar-refractivity contribution < 1.29 is 27.6 Å². The van der Waals surface area contributed by atoms with E-state index in [9.17, 15) is 18.5 Å². The van der Waals surface area contributed by atoms with Crippen LogP contribution in [0, 0.1) is 10.1 Å². The van der Waals surface area contributed by atoms with E-state index in [0.29, 0.717) is 30.3 Å². The molecule has 10 heteroatoms. The summed E-state index contributed by atoms with van der Waals surface area (Å²) in [6.45, 7) is 2.55. The number of hydrogen-bond donors (Lipinski definition) is 1. The number of nitrogens with zero attached hydrogens (tertiary/aromatic N) is 1. The maximum Gasteiger partial charge on any atom is 0.312 e. The van der Waals surface area contributed by atoms with E-state index in [1.165, 1.54) is 19.2 Å². The Morgan fingerprint density at radius 1 is 1.15 bits per heavy atom. The summed E-state index contributed by atoms with van der Waals surface area (Å²) in [5.41, 5.74) is 0.248. The van der Waals surface area contributed by atoms with Gasteiger partial charge in [-0.2, -0.15) is 0 Å². The lowest BCUT2D eigenvalue weighted by Crippen LogP contribution is -2.27. The van der Waals surface area contributed by atoms with Gasteiger partial charge in [0.15, 0.2) is 17.2 Å².